The fourth-order valence-corrected chi connectivity index (χ4v) is 1.70. The molecule has 2 aromatic heterocycles. The van der Waals surface area contributed by atoms with Crippen LogP contribution in [-0.2, 0) is 16.1 Å². The summed E-state index contributed by atoms with van der Waals surface area (Å²) in [6, 6.07) is 0. The highest BCUT2D eigenvalue weighted by atomic mass is 16.5. The maximum atomic E-state index is 12.0. The van der Waals surface area contributed by atoms with Gasteiger partial charge in [-0.15, -0.1) is 5.10 Å². The molecule has 7 heteroatoms. The zero-order valence-corrected chi connectivity index (χ0v) is 10.7. The molecule has 0 spiro atoms. The van der Waals surface area contributed by atoms with Gasteiger partial charge in [-0.25, -0.2) is 18.7 Å². The van der Waals surface area contributed by atoms with Gasteiger partial charge in [0.2, 0.25) is 0 Å². The monoisotopic (exact) mass is 262 g/mol. The number of carbonyl (C=O) groups is 1. The SMILES string of the molecule is CCC(=CCn1nc2cnccn2c1=O)C(=O)OC. The van der Waals surface area contributed by atoms with Crippen molar-refractivity contribution < 1.29 is 9.53 Å². The van der Waals surface area contributed by atoms with E-state index < -0.39 is 0 Å². The van der Waals surface area contributed by atoms with Crippen molar-refractivity contribution in [2.24, 2.45) is 0 Å². The number of allylic oxidation sites excluding steroid dienone is 1. The van der Waals surface area contributed by atoms with Crippen molar-refractivity contribution in [2.75, 3.05) is 7.11 Å². The van der Waals surface area contributed by atoms with Crippen LogP contribution in [0.4, 0.5) is 0 Å². The molecule has 0 fully saturated rings. The maximum Gasteiger partial charge on any atom is 0.350 e. The lowest BCUT2D eigenvalue weighted by molar-refractivity contribution is -0.136. The average molecular weight is 262 g/mol. The van der Waals surface area contributed by atoms with Crippen molar-refractivity contribution in [3.8, 4) is 0 Å². The van der Waals surface area contributed by atoms with Crippen molar-refractivity contribution in [3.05, 3.63) is 40.7 Å². The van der Waals surface area contributed by atoms with Gasteiger partial charge in [-0.05, 0) is 6.42 Å². The van der Waals surface area contributed by atoms with Crippen LogP contribution in [0.5, 0.6) is 0 Å². The van der Waals surface area contributed by atoms with Gasteiger partial charge in [-0.2, -0.15) is 0 Å². The highest BCUT2D eigenvalue weighted by Crippen LogP contribution is 2.03. The van der Waals surface area contributed by atoms with E-state index in [9.17, 15) is 9.59 Å². The summed E-state index contributed by atoms with van der Waals surface area (Å²) in [5.74, 6) is -0.388. The Labute approximate surface area is 109 Å². The second kappa shape index (κ2) is 5.47. The van der Waals surface area contributed by atoms with Gasteiger partial charge in [-0.3, -0.25) is 4.98 Å². The zero-order valence-electron chi connectivity index (χ0n) is 10.7. The van der Waals surface area contributed by atoms with Gasteiger partial charge in [0.25, 0.3) is 0 Å². The zero-order chi connectivity index (χ0) is 13.8. The van der Waals surface area contributed by atoms with Crippen molar-refractivity contribution >= 4 is 11.6 Å². The number of aromatic nitrogens is 4. The van der Waals surface area contributed by atoms with Crippen LogP contribution in [0.25, 0.3) is 5.65 Å². The summed E-state index contributed by atoms with van der Waals surface area (Å²) in [4.78, 5) is 27.3. The predicted molar refractivity (Wildman–Crippen MR) is 67.6 cm³/mol. The van der Waals surface area contributed by atoms with E-state index in [0.29, 0.717) is 17.6 Å². The Morgan fingerprint density at radius 1 is 1.53 bits per heavy atom. The van der Waals surface area contributed by atoms with Crippen molar-refractivity contribution in [1.29, 1.82) is 0 Å². The smallest absolute Gasteiger partial charge is 0.350 e. The molecule has 2 aromatic rings. The molecule has 2 heterocycles. The van der Waals surface area contributed by atoms with Gasteiger partial charge in [0.15, 0.2) is 5.65 Å². The van der Waals surface area contributed by atoms with E-state index in [4.69, 9.17) is 0 Å². The number of carbonyl (C=O) groups excluding carboxylic acids is 1. The second-order valence-corrected chi connectivity index (χ2v) is 3.84. The molecule has 0 N–H and O–H groups in total. The fourth-order valence-electron chi connectivity index (χ4n) is 1.70. The third-order valence-corrected chi connectivity index (χ3v) is 2.73. The summed E-state index contributed by atoms with van der Waals surface area (Å²) < 4.78 is 7.32. The highest BCUT2D eigenvalue weighted by Gasteiger charge is 2.08. The summed E-state index contributed by atoms with van der Waals surface area (Å²) >= 11 is 0. The minimum atomic E-state index is -0.388. The number of esters is 1. The minimum Gasteiger partial charge on any atom is -0.466 e. The molecule has 0 aliphatic carbocycles. The molecule has 2 rings (SSSR count). The Morgan fingerprint density at radius 3 is 2.95 bits per heavy atom. The maximum absolute atomic E-state index is 12.0. The van der Waals surface area contributed by atoms with E-state index in [2.05, 4.69) is 14.8 Å². The van der Waals surface area contributed by atoms with Gasteiger partial charge in [0.05, 0.1) is 19.9 Å². The molecule has 0 bridgehead atoms. The summed E-state index contributed by atoms with van der Waals surface area (Å²) in [7, 11) is 1.33. The molecule has 0 saturated heterocycles. The molecular weight excluding hydrogens is 248 g/mol. The van der Waals surface area contributed by atoms with Crippen molar-refractivity contribution in [1.82, 2.24) is 19.2 Å². The van der Waals surface area contributed by atoms with Crippen LogP contribution in [0.3, 0.4) is 0 Å². The summed E-state index contributed by atoms with van der Waals surface area (Å²) in [5, 5.41) is 4.11. The van der Waals surface area contributed by atoms with Gasteiger partial charge >= 0.3 is 11.7 Å². The van der Waals surface area contributed by atoms with Crippen molar-refractivity contribution in [3.63, 3.8) is 0 Å². The van der Waals surface area contributed by atoms with Gasteiger partial charge in [-0.1, -0.05) is 13.0 Å². The van der Waals surface area contributed by atoms with E-state index >= 15 is 0 Å². The van der Waals surface area contributed by atoms with Crippen LogP contribution in [0.15, 0.2) is 35.0 Å². The summed E-state index contributed by atoms with van der Waals surface area (Å²) in [6.07, 6.45) is 6.75. The Morgan fingerprint density at radius 2 is 2.32 bits per heavy atom. The van der Waals surface area contributed by atoms with E-state index in [0.717, 1.165) is 0 Å². The lowest BCUT2D eigenvalue weighted by Gasteiger charge is -2.01. The van der Waals surface area contributed by atoms with E-state index in [1.54, 1.807) is 12.3 Å². The number of methoxy groups -OCH3 is 1. The van der Waals surface area contributed by atoms with Crippen LogP contribution in [0, 0.1) is 0 Å². The van der Waals surface area contributed by atoms with Gasteiger partial charge < -0.3 is 4.74 Å². The molecule has 0 unspecified atom stereocenters. The molecule has 100 valence electrons. The molecule has 0 amide bonds. The van der Waals surface area contributed by atoms with Crippen LogP contribution < -0.4 is 5.69 Å². The number of fused-ring (bicyclic) bond motifs is 1. The fraction of sp³-hybridized carbons (Fsp3) is 0.333. The number of rotatable bonds is 4. The standard InChI is InChI=1S/C12H14N4O3/c1-3-9(11(17)19-2)4-6-16-12(18)15-7-5-13-8-10(15)14-16/h4-5,7-8H,3,6H2,1-2H3. The Kier molecular flexibility index (Phi) is 3.74. The van der Waals surface area contributed by atoms with Crippen LogP contribution in [0.1, 0.15) is 13.3 Å². The van der Waals surface area contributed by atoms with E-state index in [1.807, 2.05) is 6.92 Å². The number of hydrogen-bond donors (Lipinski definition) is 0. The Balaban J connectivity index is 2.31. The first kappa shape index (κ1) is 13.0. The number of nitrogens with zero attached hydrogens (tertiary/aromatic N) is 4. The third kappa shape index (κ3) is 2.54. The quantitative estimate of drug-likeness (QED) is 0.588. The Bertz CT molecular complexity index is 684. The molecule has 0 aromatic carbocycles. The average Bonchev–Trinajstić information content (AvgIpc) is 2.76. The minimum absolute atomic E-state index is 0.221. The highest BCUT2D eigenvalue weighted by molar-refractivity contribution is 5.88. The summed E-state index contributed by atoms with van der Waals surface area (Å²) in [5.41, 5.74) is 0.718. The largest absolute Gasteiger partial charge is 0.466 e. The number of hydrogen-bond acceptors (Lipinski definition) is 5. The predicted octanol–water partition coefficient (Wildman–Crippen LogP) is 0.400. The molecule has 0 atom stereocenters. The second-order valence-electron chi connectivity index (χ2n) is 3.84. The first-order valence-corrected chi connectivity index (χ1v) is 5.84. The normalized spacial score (nSPS) is 11.8. The number of ether oxygens (including phenoxy) is 1. The first-order chi connectivity index (χ1) is 9.17. The topological polar surface area (TPSA) is 78.5 Å². The molecular formula is C12H14N4O3. The molecule has 0 aliphatic rings. The van der Waals surface area contributed by atoms with Crippen LogP contribution in [-0.4, -0.2) is 32.2 Å². The molecule has 19 heavy (non-hydrogen) atoms. The first-order valence-electron chi connectivity index (χ1n) is 5.84. The van der Waals surface area contributed by atoms with Crippen LogP contribution >= 0.6 is 0 Å². The third-order valence-electron chi connectivity index (χ3n) is 2.73. The van der Waals surface area contributed by atoms with E-state index in [1.165, 1.54) is 28.6 Å². The lowest BCUT2D eigenvalue weighted by Crippen LogP contribution is -2.21. The summed E-state index contributed by atoms with van der Waals surface area (Å²) in [6.45, 7) is 2.07. The Hall–Kier alpha value is -2.44. The van der Waals surface area contributed by atoms with Gasteiger partial charge in [0.1, 0.15) is 0 Å². The molecule has 0 radical (unpaired) electrons. The van der Waals surface area contributed by atoms with Crippen LogP contribution in [0.2, 0.25) is 0 Å². The van der Waals surface area contributed by atoms with Crippen molar-refractivity contribution in [2.45, 2.75) is 19.9 Å². The van der Waals surface area contributed by atoms with Gasteiger partial charge in [0, 0.05) is 18.0 Å². The molecule has 0 aliphatic heterocycles. The lowest BCUT2D eigenvalue weighted by atomic mass is 10.2. The van der Waals surface area contributed by atoms with E-state index in [-0.39, 0.29) is 18.2 Å². The molecule has 0 saturated carbocycles. The molecule has 7 nitrogen and oxygen atoms in total.